The Morgan fingerprint density at radius 1 is 0.609 bits per heavy atom. The first-order valence-corrected chi connectivity index (χ1v) is 8.52. The fourth-order valence-corrected chi connectivity index (χ4v) is 2.66. The molecule has 0 radical (unpaired) electrons. The zero-order valence-corrected chi connectivity index (χ0v) is 13.8. The van der Waals surface area contributed by atoms with Crippen LogP contribution in [0.4, 0.5) is 11.4 Å². The van der Waals surface area contributed by atoms with E-state index in [2.05, 4.69) is 12.1 Å². The standard InChI is InChI=1S/C20H28N2O/c21-19-13-3-1-9-17(19)11-5-7-15-23-16-8-6-12-18-10-2-4-14-20(18)22/h1-4,9-10,13-14H,5-8,11-12,15-16,21-22H2. The molecule has 0 spiro atoms. The molecule has 0 aromatic heterocycles. The fraction of sp³-hybridized carbons (Fsp3) is 0.400. The monoisotopic (exact) mass is 312 g/mol. The third-order valence-corrected chi connectivity index (χ3v) is 4.08. The lowest BCUT2D eigenvalue weighted by molar-refractivity contribution is 0.127. The highest BCUT2D eigenvalue weighted by Gasteiger charge is 1.99. The molecule has 0 saturated heterocycles. The predicted molar refractivity (Wildman–Crippen MR) is 98.4 cm³/mol. The second-order valence-corrected chi connectivity index (χ2v) is 5.92. The zero-order chi connectivity index (χ0) is 16.3. The summed E-state index contributed by atoms with van der Waals surface area (Å²) in [5.41, 5.74) is 16.2. The van der Waals surface area contributed by atoms with Gasteiger partial charge in [-0.05, 0) is 61.8 Å². The molecule has 3 nitrogen and oxygen atoms in total. The molecule has 2 rings (SSSR count). The molecule has 124 valence electrons. The van der Waals surface area contributed by atoms with Crippen molar-refractivity contribution >= 4 is 11.4 Å². The van der Waals surface area contributed by atoms with Crippen LogP contribution in [-0.4, -0.2) is 13.2 Å². The van der Waals surface area contributed by atoms with E-state index in [9.17, 15) is 0 Å². The summed E-state index contributed by atoms with van der Waals surface area (Å²) < 4.78 is 5.71. The molecule has 0 heterocycles. The quantitative estimate of drug-likeness (QED) is 0.510. The molecule has 0 aliphatic rings. The Balaban J connectivity index is 1.47. The minimum Gasteiger partial charge on any atom is -0.399 e. The lowest BCUT2D eigenvalue weighted by atomic mass is 10.1. The normalized spacial score (nSPS) is 10.8. The van der Waals surface area contributed by atoms with E-state index in [0.717, 1.165) is 63.1 Å². The van der Waals surface area contributed by atoms with Gasteiger partial charge in [0.05, 0.1) is 0 Å². The highest BCUT2D eigenvalue weighted by molar-refractivity contribution is 5.46. The van der Waals surface area contributed by atoms with Crippen LogP contribution in [0, 0.1) is 0 Å². The third kappa shape index (κ3) is 6.33. The van der Waals surface area contributed by atoms with E-state index in [-0.39, 0.29) is 0 Å². The highest BCUT2D eigenvalue weighted by Crippen LogP contribution is 2.14. The van der Waals surface area contributed by atoms with Crippen LogP contribution in [0.25, 0.3) is 0 Å². The van der Waals surface area contributed by atoms with Gasteiger partial charge in [0.15, 0.2) is 0 Å². The molecular formula is C20H28N2O. The van der Waals surface area contributed by atoms with Crippen LogP contribution >= 0.6 is 0 Å². The maximum absolute atomic E-state index is 5.93. The van der Waals surface area contributed by atoms with Crippen LogP contribution in [0.15, 0.2) is 48.5 Å². The lowest BCUT2D eigenvalue weighted by Gasteiger charge is -2.07. The number of anilines is 2. The molecule has 2 aromatic carbocycles. The summed E-state index contributed by atoms with van der Waals surface area (Å²) in [5.74, 6) is 0. The minimum atomic E-state index is 0.834. The molecule has 4 N–H and O–H groups in total. The van der Waals surface area contributed by atoms with Gasteiger partial charge in [-0.2, -0.15) is 0 Å². The number of aryl methyl sites for hydroxylation is 2. The predicted octanol–water partition coefficient (Wildman–Crippen LogP) is 4.21. The van der Waals surface area contributed by atoms with Crippen molar-refractivity contribution in [2.24, 2.45) is 0 Å². The Labute approximate surface area is 139 Å². The van der Waals surface area contributed by atoms with E-state index in [1.807, 2.05) is 36.4 Å². The summed E-state index contributed by atoms with van der Waals surface area (Å²) >= 11 is 0. The van der Waals surface area contributed by atoms with Crippen LogP contribution in [0.1, 0.15) is 36.8 Å². The van der Waals surface area contributed by atoms with Crippen molar-refractivity contribution < 1.29 is 4.74 Å². The summed E-state index contributed by atoms with van der Waals surface area (Å²) in [7, 11) is 0. The van der Waals surface area contributed by atoms with Gasteiger partial charge in [0.25, 0.3) is 0 Å². The zero-order valence-electron chi connectivity index (χ0n) is 13.8. The van der Waals surface area contributed by atoms with Crippen LogP contribution in [0.5, 0.6) is 0 Å². The van der Waals surface area contributed by atoms with Gasteiger partial charge in [-0.3, -0.25) is 0 Å². The summed E-state index contributed by atoms with van der Waals surface area (Å²) in [5, 5.41) is 0. The van der Waals surface area contributed by atoms with E-state index in [0.29, 0.717) is 0 Å². The van der Waals surface area contributed by atoms with Gasteiger partial charge in [0.2, 0.25) is 0 Å². The molecule has 3 heteroatoms. The van der Waals surface area contributed by atoms with Crippen molar-refractivity contribution in [2.75, 3.05) is 24.7 Å². The van der Waals surface area contributed by atoms with E-state index in [4.69, 9.17) is 16.2 Å². The van der Waals surface area contributed by atoms with E-state index in [1.165, 1.54) is 11.1 Å². The maximum atomic E-state index is 5.93. The average Bonchev–Trinajstić information content (AvgIpc) is 2.56. The molecule has 0 saturated carbocycles. The van der Waals surface area contributed by atoms with Crippen molar-refractivity contribution in [1.82, 2.24) is 0 Å². The molecule has 23 heavy (non-hydrogen) atoms. The summed E-state index contributed by atoms with van der Waals surface area (Å²) in [4.78, 5) is 0. The van der Waals surface area contributed by atoms with Crippen LogP contribution < -0.4 is 11.5 Å². The number of hydrogen-bond donors (Lipinski definition) is 2. The molecule has 0 fully saturated rings. The maximum Gasteiger partial charge on any atom is 0.0466 e. The van der Waals surface area contributed by atoms with Crippen LogP contribution in [-0.2, 0) is 17.6 Å². The SMILES string of the molecule is Nc1ccccc1CCCCOCCCCc1ccccc1N. The molecular weight excluding hydrogens is 284 g/mol. The van der Waals surface area contributed by atoms with Gasteiger partial charge >= 0.3 is 0 Å². The van der Waals surface area contributed by atoms with Crippen molar-refractivity contribution in [2.45, 2.75) is 38.5 Å². The third-order valence-electron chi connectivity index (χ3n) is 4.08. The van der Waals surface area contributed by atoms with E-state index >= 15 is 0 Å². The molecule has 0 bridgehead atoms. The fourth-order valence-electron chi connectivity index (χ4n) is 2.66. The number of benzene rings is 2. The van der Waals surface area contributed by atoms with E-state index < -0.39 is 0 Å². The minimum absolute atomic E-state index is 0.834. The Hall–Kier alpha value is -2.00. The average molecular weight is 312 g/mol. The first kappa shape index (κ1) is 17.4. The molecule has 0 aliphatic heterocycles. The highest BCUT2D eigenvalue weighted by atomic mass is 16.5. The Kier molecular flexibility index (Phi) is 7.47. The molecule has 0 atom stereocenters. The number of nitrogen functional groups attached to an aromatic ring is 2. The van der Waals surface area contributed by atoms with Gasteiger partial charge in [0.1, 0.15) is 0 Å². The second-order valence-electron chi connectivity index (χ2n) is 5.92. The van der Waals surface area contributed by atoms with Crippen LogP contribution in [0.3, 0.4) is 0 Å². The number of hydrogen-bond acceptors (Lipinski definition) is 3. The summed E-state index contributed by atoms with van der Waals surface area (Å²) in [6, 6.07) is 16.2. The second kappa shape index (κ2) is 9.90. The van der Waals surface area contributed by atoms with Gasteiger partial charge in [-0.1, -0.05) is 36.4 Å². The number of unbranched alkanes of at least 4 members (excludes halogenated alkanes) is 2. The smallest absolute Gasteiger partial charge is 0.0466 e. The van der Waals surface area contributed by atoms with Crippen molar-refractivity contribution in [3.05, 3.63) is 59.7 Å². The molecule has 2 aromatic rings. The molecule has 0 amide bonds. The Bertz CT molecular complexity index is 532. The first-order valence-electron chi connectivity index (χ1n) is 8.52. The number of para-hydroxylation sites is 2. The molecule has 0 unspecified atom stereocenters. The lowest BCUT2D eigenvalue weighted by Crippen LogP contribution is -2.00. The van der Waals surface area contributed by atoms with Gasteiger partial charge < -0.3 is 16.2 Å². The van der Waals surface area contributed by atoms with Gasteiger partial charge in [-0.25, -0.2) is 0 Å². The van der Waals surface area contributed by atoms with E-state index in [1.54, 1.807) is 0 Å². The largest absolute Gasteiger partial charge is 0.399 e. The molecule has 0 aliphatic carbocycles. The Morgan fingerprint density at radius 2 is 1.04 bits per heavy atom. The number of rotatable bonds is 10. The topological polar surface area (TPSA) is 61.3 Å². The number of ether oxygens (including phenoxy) is 1. The van der Waals surface area contributed by atoms with Gasteiger partial charge in [0, 0.05) is 24.6 Å². The summed E-state index contributed by atoms with van der Waals surface area (Å²) in [6.45, 7) is 1.67. The van der Waals surface area contributed by atoms with Crippen molar-refractivity contribution in [3.63, 3.8) is 0 Å². The summed E-state index contributed by atoms with van der Waals surface area (Å²) in [6.07, 6.45) is 6.47. The van der Waals surface area contributed by atoms with Crippen molar-refractivity contribution in [1.29, 1.82) is 0 Å². The first-order chi connectivity index (χ1) is 11.3. The number of nitrogens with two attached hydrogens (primary N) is 2. The Morgan fingerprint density at radius 3 is 1.48 bits per heavy atom. The van der Waals surface area contributed by atoms with Crippen LogP contribution in [0.2, 0.25) is 0 Å². The van der Waals surface area contributed by atoms with Crippen molar-refractivity contribution in [3.8, 4) is 0 Å². The van der Waals surface area contributed by atoms with Gasteiger partial charge in [-0.15, -0.1) is 0 Å².